The van der Waals surface area contributed by atoms with Crippen molar-refractivity contribution >= 4 is 31.9 Å². The second-order valence-corrected chi connectivity index (χ2v) is 7.21. The van der Waals surface area contributed by atoms with E-state index in [0.717, 1.165) is 0 Å². The maximum Gasteiger partial charge on any atom is 0.335 e. The number of carbonyl (C=O) groups is 1. The van der Waals surface area contributed by atoms with E-state index in [9.17, 15) is 18.3 Å². The molecule has 6 nitrogen and oxygen atoms in total. The molecule has 0 atom stereocenters. The van der Waals surface area contributed by atoms with Gasteiger partial charge in [-0.3, -0.25) is 0 Å². The Kier molecular flexibility index (Phi) is 5.92. The van der Waals surface area contributed by atoms with E-state index in [2.05, 4.69) is 20.7 Å². The van der Waals surface area contributed by atoms with Gasteiger partial charge in [0.15, 0.2) is 0 Å². The molecule has 8 heteroatoms. The van der Waals surface area contributed by atoms with Crippen molar-refractivity contribution in [2.75, 3.05) is 6.61 Å². The maximum absolute atomic E-state index is 12.4. The Labute approximate surface area is 132 Å². The van der Waals surface area contributed by atoms with E-state index < -0.39 is 21.5 Å². The Bertz CT molecular complexity index is 617. The van der Waals surface area contributed by atoms with E-state index in [1.54, 1.807) is 13.8 Å². The van der Waals surface area contributed by atoms with Crippen LogP contribution in [0.25, 0.3) is 0 Å². The first-order valence-electron chi connectivity index (χ1n) is 6.39. The fourth-order valence-corrected chi connectivity index (χ4v) is 4.46. The van der Waals surface area contributed by atoms with Crippen LogP contribution < -0.4 is 4.72 Å². The topological polar surface area (TPSA) is 104 Å². The van der Waals surface area contributed by atoms with Crippen LogP contribution in [0.3, 0.4) is 0 Å². The average molecular weight is 380 g/mol. The van der Waals surface area contributed by atoms with Gasteiger partial charge in [0, 0.05) is 4.47 Å². The van der Waals surface area contributed by atoms with Gasteiger partial charge in [-0.1, -0.05) is 13.8 Å². The first-order chi connectivity index (χ1) is 9.71. The maximum atomic E-state index is 12.4. The summed E-state index contributed by atoms with van der Waals surface area (Å²) < 4.78 is 27.5. The summed E-state index contributed by atoms with van der Waals surface area (Å²) in [5.74, 6) is -1.14. The standard InChI is InChI=1S/C13H18BrNO5S/c1-3-13(4-2,8-16)15-21(19,20)11-6-5-9(12(17)18)7-10(11)14/h5-7,15-16H,3-4,8H2,1-2H3,(H,17,18). The number of halogens is 1. The summed E-state index contributed by atoms with van der Waals surface area (Å²) in [6.45, 7) is 3.25. The van der Waals surface area contributed by atoms with Gasteiger partial charge in [0.25, 0.3) is 0 Å². The third kappa shape index (κ3) is 4.03. The van der Waals surface area contributed by atoms with Crippen LogP contribution in [0.2, 0.25) is 0 Å². The lowest BCUT2D eigenvalue weighted by Gasteiger charge is -2.30. The molecule has 21 heavy (non-hydrogen) atoms. The van der Waals surface area contributed by atoms with Crippen molar-refractivity contribution in [3.05, 3.63) is 28.2 Å². The molecule has 0 heterocycles. The van der Waals surface area contributed by atoms with Crippen LogP contribution in [0.15, 0.2) is 27.6 Å². The van der Waals surface area contributed by atoms with Crippen molar-refractivity contribution in [3.63, 3.8) is 0 Å². The van der Waals surface area contributed by atoms with Crippen molar-refractivity contribution in [1.29, 1.82) is 0 Å². The van der Waals surface area contributed by atoms with Crippen LogP contribution in [0.4, 0.5) is 0 Å². The zero-order chi connectivity index (χ0) is 16.3. The first-order valence-corrected chi connectivity index (χ1v) is 8.66. The molecular formula is C13H18BrNO5S. The Morgan fingerprint density at radius 1 is 1.33 bits per heavy atom. The number of hydrogen-bond donors (Lipinski definition) is 3. The molecule has 3 N–H and O–H groups in total. The normalized spacial score (nSPS) is 12.4. The Morgan fingerprint density at radius 3 is 2.29 bits per heavy atom. The summed E-state index contributed by atoms with van der Waals surface area (Å²) in [6.07, 6.45) is 0.869. The lowest BCUT2D eigenvalue weighted by Crippen LogP contribution is -2.50. The zero-order valence-corrected chi connectivity index (χ0v) is 14.2. The van der Waals surface area contributed by atoms with Gasteiger partial charge in [-0.15, -0.1) is 0 Å². The van der Waals surface area contributed by atoms with Crippen molar-refractivity contribution in [1.82, 2.24) is 4.72 Å². The van der Waals surface area contributed by atoms with Gasteiger partial charge in [-0.25, -0.2) is 17.9 Å². The van der Waals surface area contributed by atoms with E-state index in [0.29, 0.717) is 12.8 Å². The van der Waals surface area contributed by atoms with Gasteiger partial charge < -0.3 is 10.2 Å². The summed E-state index contributed by atoms with van der Waals surface area (Å²) in [4.78, 5) is 10.8. The van der Waals surface area contributed by atoms with Crippen molar-refractivity contribution < 1.29 is 23.4 Å². The number of rotatable bonds is 7. The number of aromatic carboxylic acids is 1. The summed E-state index contributed by atoms with van der Waals surface area (Å²) in [7, 11) is -3.88. The average Bonchev–Trinajstić information content (AvgIpc) is 2.44. The number of aliphatic hydroxyl groups is 1. The number of sulfonamides is 1. The molecule has 0 bridgehead atoms. The zero-order valence-electron chi connectivity index (χ0n) is 11.8. The van der Waals surface area contributed by atoms with E-state index in [1.807, 2.05) is 0 Å². The van der Waals surface area contributed by atoms with Gasteiger partial charge in [0.05, 0.1) is 22.6 Å². The van der Waals surface area contributed by atoms with Gasteiger partial charge >= 0.3 is 5.97 Å². The first kappa shape index (κ1) is 18.1. The molecule has 1 aromatic rings. The molecule has 0 aromatic heterocycles. The second kappa shape index (κ2) is 6.87. The number of nitrogens with one attached hydrogen (secondary N) is 1. The fraction of sp³-hybridized carbons (Fsp3) is 0.462. The summed E-state index contributed by atoms with van der Waals surface area (Å²) in [5.41, 5.74) is -0.941. The smallest absolute Gasteiger partial charge is 0.335 e. The molecule has 118 valence electrons. The van der Waals surface area contributed by atoms with E-state index in [4.69, 9.17) is 5.11 Å². The predicted octanol–water partition coefficient (Wildman–Crippen LogP) is 1.98. The van der Waals surface area contributed by atoms with Gasteiger partial charge in [-0.05, 0) is 47.0 Å². The Hall–Kier alpha value is -0.960. The highest BCUT2D eigenvalue weighted by atomic mass is 79.9. The number of carboxylic acid groups (broad SMARTS) is 1. The molecular weight excluding hydrogens is 362 g/mol. The molecule has 0 unspecified atom stereocenters. The minimum Gasteiger partial charge on any atom is -0.478 e. The molecule has 0 amide bonds. The lowest BCUT2D eigenvalue weighted by molar-refractivity contribution is 0.0696. The van der Waals surface area contributed by atoms with Crippen LogP contribution in [-0.4, -0.2) is 36.7 Å². The van der Waals surface area contributed by atoms with E-state index in [-0.39, 0.29) is 21.5 Å². The van der Waals surface area contributed by atoms with Crippen molar-refractivity contribution in [2.24, 2.45) is 0 Å². The SMILES string of the molecule is CCC(CC)(CO)NS(=O)(=O)c1ccc(C(=O)O)cc1Br. The molecule has 0 saturated heterocycles. The van der Waals surface area contributed by atoms with Gasteiger partial charge in [-0.2, -0.15) is 0 Å². The fourth-order valence-electron chi connectivity index (χ4n) is 1.84. The third-order valence-electron chi connectivity index (χ3n) is 3.48. The van der Waals surface area contributed by atoms with Crippen LogP contribution in [-0.2, 0) is 10.0 Å². The molecule has 1 aromatic carbocycles. The molecule has 0 aliphatic carbocycles. The quantitative estimate of drug-likeness (QED) is 0.671. The molecule has 0 radical (unpaired) electrons. The highest BCUT2D eigenvalue weighted by Crippen LogP contribution is 2.26. The number of benzene rings is 1. The lowest BCUT2D eigenvalue weighted by atomic mass is 9.96. The number of carboxylic acids is 1. The Morgan fingerprint density at radius 2 is 1.90 bits per heavy atom. The van der Waals surface area contributed by atoms with Crippen LogP contribution in [0.1, 0.15) is 37.0 Å². The van der Waals surface area contributed by atoms with Gasteiger partial charge in [0.1, 0.15) is 0 Å². The van der Waals surface area contributed by atoms with Crippen LogP contribution in [0, 0.1) is 0 Å². The second-order valence-electron chi connectivity index (χ2n) is 4.70. The molecule has 0 saturated carbocycles. The van der Waals surface area contributed by atoms with Crippen molar-refractivity contribution in [2.45, 2.75) is 37.1 Å². The third-order valence-corrected chi connectivity index (χ3v) is 6.03. The van der Waals surface area contributed by atoms with Crippen LogP contribution >= 0.6 is 15.9 Å². The summed E-state index contributed by atoms with van der Waals surface area (Å²) in [5, 5.41) is 18.3. The molecule has 0 spiro atoms. The molecule has 0 aliphatic rings. The minimum absolute atomic E-state index is 0.0137. The summed E-state index contributed by atoms with van der Waals surface area (Å²) in [6, 6.07) is 3.68. The summed E-state index contributed by atoms with van der Waals surface area (Å²) >= 11 is 3.08. The predicted molar refractivity (Wildman–Crippen MR) is 81.8 cm³/mol. The molecule has 0 aliphatic heterocycles. The van der Waals surface area contributed by atoms with E-state index >= 15 is 0 Å². The van der Waals surface area contributed by atoms with Crippen LogP contribution in [0.5, 0.6) is 0 Å². The van der Waals surface area contributed by atoms with Crippen molar-refractivity contribution in [3.8, 4) is 0 Å². The number of hydrogen-bond acceptors (Lipinski definition) is 4. The minimum atomic E-state index is -3.88. The van der Waals surface area contributed by atoms with E-state index in [1.165, 1.54) is 18.2 Å². The Balaban J connectivity index is 3.23. The van der Waals surface area contributed by atoms with Gasteiger partial charge in [0.2, 0.25) is 10.0 Å². The molecule has 1 rings (SSSR count). The highest BCUT2D eigenvalue weighted by molar-refractivity contribution is 9.10. The molecule has 0 fully saturated rings. The largest absolute Gasteiger partial charge is 0.478 e. The highest BCUT2D eigenvalue weighted by Gasteiger charge is 2.32. The number of aliphatic hydroxyl groups excluding tert-OH is 1. The monoisotopic (exact) mass is 379 g/mol.